The van der Waals surface area contributed by atoms with E-state index >= 15 is 0 Å². The lowest BCUT2D eigenvalue weighted by Gasteiger charge is -2.16. The predicted octanol–water partition coefficient (Wildman–Crippen LogP) is 0.551. The van der Waals surface area contributed by atoms with Crippen LogP contribution in [0.4, 0.5) is 0 Å². The van der Waals surface area contributed by atoms with Gasteiger partial charge in [-0.25, -0.2) is 0 Å². The molecule has 0 aliphatic heterocycles. The Balaban J connectivity index is 3.30. The van der Waals surface area contributed by atoms with Crippen molar-refractivity contribution < 1.29 is 0 Å². The van der Waals surface area contributed by atoms with Crippen LogP contribution in [0.2, 0.25) is 0 Å². The SMILES string of the molecule is C#CCN(CC)CCCNC. The Bertz CT molecular complexity index is 115. The maximum absolute atomic E-state index is 5.20. The highest BCUT2D eigenvalue weighted by Crippen LogP contribution is 1.88. The van der Waals surface area contributed by atoms with Crippen molar-refractivity contribution in [1.82, 2.24) is 10.2 Å². The van der Waals surface area contributed by atoms with Crippen molar-refractivity contribution in [3.63, 3.8) is 0 Å². The molecule has 11 heavy (non-hydrogen) atoms. The smallest absolute Gasteiger partial charge is 0.0598 e. The summed E-state index contributed by atoms with van der Waals surface area (Å²) < 4.78 is 0. The summed E-state index contributed by atoms with van der Waals surface area (Å²) in [5.41, 5.74) is 0. The third kappa shape index (κ3) is 5.90. The highest BCUT2D eigenvalue weighted by molar-refractivity contribution is 4.87. The minimum absolute atomic E-state index is 0.778. The summed E-state index contributed by atoms with van der Waals surface area (Å²) in [4.78, 5) is 2.26. The molecule has 0 fully saturated rings. The zero-order valence-electron chi connectivity index (χ0n) is 7.56. The van der Waals surface area contributed by atoms with Crippen molar-refractivity contribution >= 4 is 0 Å². The zero-order valence-corrected chi connectivity index (χ0v) is 7.56. The number of terminal acetylenes is 1. The molecule has 1 N–H and O–H groups in total. The average Bonchev–Trinajstić information content (AvgIpc) is 2.03. The van der Waals surface area contributed by atoms with Crippen molar-refractivity contribution in [2.45, 2.75) is 13.3 Å². The van der Waals surface area contributed by atoms with Crippen LogP contribution in [0.3, 0.4) is 0 Å². The Labute approximate surface area is 70.0 Å². The van der Waals surface area contributed by atoms with Gasteiger partial charge >= 0.3 is 0 Å². The number of nitrogens with one attached hydrogen (secondary N) is 1. The lowest BCUT2D eigenvalue weighted by molar-refractivity contribution is 0.318. The van der Waals surface area contributed by atoms with E-state index in [1.54, 1.807) is 0 Å². The first kappa shape index (κ1) is 10.5. The maximum atomic E-state index is 5.20. The van der Waals surface area contributed by atoms with E-state index in [0.29, 0.717) is 0 Å². The van der Waals surface area contributed by atoms with Gasteiger partial charge < -0.3 is 5.32 Å². The Kier molecular flexibility index (Phi) is 7.23. The van der Waals surface area contributed by atoms with Crippen molar-refractivity contribution in [1.29, 1.82) is 0 Å². The second-order valence-electron chi connectivity index (χ2n) is 2.53. The maximum Gasteiger partial charge on any atom is 0.0598 e. The minimum Gasteiger partial charge on any atom is -0.320 e. The molecule has 0 spiro atoms. The molecule has 0 heterocycles. The summed E-state index contributed by atoms with van der Waals surface area (Å²) in [6.45, 7) is 6.13. The quantitative estimate of drug-likeness (QED) is 0.444. The first-order valence-corrected chi connectivity index (χ1v) is 4.15. The summed E-state index contributed by atoms with van der Waals surface area (Å²) in [6.07, 6.45) is 6.37. The summed E-state index contributed by atoms with van der Waals surface area (Å²) in [7, 11) is 1.97. The highest BCUT2D eigenvalue weighted by atomic mass is 15.1. The standard InChI is InChI=1S/C9H18N2/c1-4-8-11(5-2)9-6-7-10-3/h1,10H,5-9H2,2-3H3. The molecule has 2 heteroatoms. The van der Waals surface area contributed by atoms with E-state index in [1.807, 2.05) is 7.05 Å². The van der Waals surface area contributed by atoms with Gasteiger partial charge in [-0.15, -0.1) is 6.42 Å². The number of hydrogen-bond donors (Lipinski definition) is 1. The average molecular weight is 154 g/mol. The third-order valence-electron chi connectivity index (χ3n) is 1.66. The topological polar surface area (TPSA) is 15.3 Å². The Hall–Kier alpha value is -0.520. The molecule has 0 bridgehead atoms. The molecule has 2 nitrogen and oxygen atoms in total. The summed E-state index contributed by atoms with van der Waals surface area (Å²) in [6, 6.07) is 0. The molecule has 0 saturated heterocycles. The van der Waals surface area contributed by atoms with E-state index in [4.69, 9.17) is 6.42 Å². The second kappa shape index (κ2) is 7.59. The largest absolute Gasteiger partial charge is 0.320 e. The lowest BCUT2D eigenvalue weighted by atomic mass is 10.3. The van der Waals surface area contributed by atoms with Crippen LogP contribution in [0.15, 0.2) is 0 Å². The van der Waals surface area contributed by atoms with E-state index in [1.165, 1.54) is 6.42 Å². The molecule has 0 saturated carbocycles. The molecule has 0 amide bonds. The second-order valence-corrected chi connectivity index (χ2v) is 2.53. The molecular formula is C9H18N2. The molecule has 0 atom stereocenters. The van der Waals surface area contributed by atoms with Gasteiger partial charge in [0.25, 0.3) is 0 Å². The number of rotatable bonds is 6. The fraction of sp³-hybridized carbons (Fsp3) is 0.778. The molecule has 0 aliphatic carbocycles. The van der Waals surface area contributed by atoms with Gasteiger partial charge in [-0.05, 0) is 26.6 Å². The zero-order chi connectivity index (χ0) is 8.53. The Morgan fingerprint density at radius 1 is 1.55 bits per heavy atom. The van der Waals surface area contributed by atoms with Gasteiger partial charge in [0.05, 0.1) is 6.54 Å². The van der Waals surface area contributed by atoms with Gasteiger partial charge in [0, 0.05) is 6.54 Å². The molecule has 0 radical (unpaired) electrons. The van der Waals surface area contributed by atoms with Crippen LogP contribution >= 0.6 is 0 Å². The van der Waals surface area contributed by atoms with Crippen LogP contribution in [0, 0.1) is 12.3 Å². The van der Waals surface area contributed by atoms with Gasteiger partial charge in [-0.1, -0.05) is 12.8 Å². The Morgan fingerprint density at radius 3 is 2.73 bits per heavy atom. The van der Waals surface area contributed by atoms with Crippen LogP contribution in [-0.2, 0) is 0 Å². The van der Waals surface area contributed by atoms with E-state index < -0.39 is 0 Å². The fourth-order valence-electron chi connectivity index (χ4n) is 0.958. The van der Waals surface area contributed by atoms with E-state index in [-0.39, 0.29) is 0 Å². The highest BCUT2D eigenvalue weighted by Gasteiger charge is 1.97. The van der Waals surface area contributed by atoms with Crippen molar-refractivity contribution in [2.24, 2.45) is 0 Å². The molecule has 0 aliphatic rings. The van der Waals surface area contributed by atoms with E-state index in [0.717, 1.165) is 26.2 Å². The summed E-state index contributed by atoms with van der Waals surface area (Å²) in [5, 5.41) is 3.11. The summed E-state index contributed by atoms with van der Waals surface area (Å²) in [5.74, 6) is 2.65. The predicted molar refractivity (Wildman–Crippen MR) is 49.5 cm³/mol. The van der Waals surface area contributed by atoms with Crippen molar-refractivity contribution in [3.8, 4) is 12.3 Å². The molecule has 64 valence electrons. The number of hydrogen-bond acceptors (Lipinski definition) is 2. The van der Waals surface area contributed by atoms with Crippen LogP contribution in [0.5, 0.6) is 0 Å². The summed E-state index contributed by atoms with van der Waals surface area (Å²) >= 11 is 0. The third-order valence-corrected chi connectivity index (χ3v) is 1.66. The first-order valence-electron chi connectivity index (χ1n) is 4.15. The molecule has 0 aromatic rings. The van der Waals surface area contributed by atoms with Crippen LogP contribution in [-0.4, -0.2) is 38.1 Å². The van der Waals surface area contributed by atoms with Gasteiger partial charge in [0.2, 0.25) is 0 Å². The Morgan fingerprint density at radius 2 is 2.27 bits per heavy atom. The van der Waals surface area contributed by atoms with Gasteiger partial charge in [0.15, 0.2) is 0 Å². The molecule has 0 unspecified atom stereocenters. The van der Waals surface area contributed by atoms with E-state index in [9.17, 15) is 0 Å². The van der Waals surface area contributed by atoms with Crippen molar-refractivity contribution in [3.05, 3.63) is 0 Å². The van der Waals surface area contributed by atoms with Crippen LogP contribution in [0.1, 0.15) is 13.3 Å². The molecule has 0 rings (SSSR count). The monoisotopic (exact) mass is 154 g/mol. The molecule has 0 aromatic heterocycles. The van der Waals surface area contributed by atoms with Crippen LogP contribution in [0.25, 0.3) is 0 Å². The first-order chi connectivity index (χ1) is 5.35. The van der Waals surface area contributed by atoms with Gasteiger partial charge in [0.1, 0.15) is 0 Å². The van der Waals surface area contributed by atoms with E-state index in [2.05, 4.69) is 23.1 Å². The fourth-order valence-corrected chi connectivity index (χ4v) is 0.958. The van der Waals surface area contributed by atoms with Gasteiger partial charge in [-0.3, -0.25) is 4.90 Å². The normalized spacial score (nSPS) is 10.0. The van der Waals surface area contributed by atoms with Crippen molar-refractivity contribution in [2.75, 3.05) is 33.2 Å². The van der Waals surface area contributed by atoms with Crippen LogP contribution < -0.4 is 5.32 Å². The van der Waals surface area contributed by atoms with Gasteiger partial charge in [-0.2, -0.15) is 0 Å². The molecular weight excluding hydrogens is 136 g/mol. The lowest BCUT2D eigenvalue weighted by Crippen LogP contribution is -2.26. The number of nitrogens with zero attached hydrogens (tertiary/aromatic N) is 1. The molecule has 0 aromatic carbocycles. The minimum atomic E-state index is 0.778.